The van der Waals surface area contributed by atoms with Crippen LogP contribution >= 0.6 is 0 Å². The Balaban J connectivity index is 1.93. The van der Waals surface area contributed by atoms with Crippen LogP contribution in [0.5, 0.6) is 0 Å². The first-order valence-corrected chi connectivity index (χ1v) is 7.87. The standard InChI is InChI=1S/C18H17N5O3/c1-22(2)17(24)16(13-8-4-3-5-9-13)26-18(25)14-10-6-7-11-15(14)23-12-19-20-21-23/h3-12,16H,1-2H3/t16-/m1/s1. The Bertz CT molecular complexity index is 894. The van der Waals surface area contributed by atoms with E-state index in [9.17, 15) is 9.59 Å². The molecule has 1 amide bonds. The molecule has 1 aromatic heterocycles. The number of ether oxygens (including phenoxy) is 1. The lowest BCUT2D eigenvalue weighted by molar-refractivity contribution is -0.138. The van der Waals surface area contributed by atoms with Crippen LogP contribution in [0.1, 0.15) is 22.0 Å². The van der Waals surface area contributed by atoms with Crippen molar-refractivity contribution >= 4 is 11.9 Å². The van der Waals surface area contributed by atoms with Gasteiger partial charge in [0.05, 0.1) is 11.3 Å². The molecule has 3 rings (SSSR count). The summed E-state index contributed by atoms with van der Waals surface area (Å²) >= 11 is 0. The SMILES string of the molecule is CN(C)C(=O)[C@H](OC(=O)c1ccccc1-n1cnnn1)c1ccccc1. The van der Waals surface area contributed by atoms with E-state index in [1.165, 1.54) is 15.9 Å². The Hall–Kier alpha value is -3.55. The molecule has 8 heteroatoms. The van der Waals surface area contributed by atoms with Crippen molar-refractivity contribution < 1.29 is 14.3 Å². The number of carbonyl (C=O) groups excluding carboxylic acids is 2. The number of tetrazole rings is 1. The molecule has 0 unspecified atom stereocenters. The van der Waals surface area contributed by atoms with Gasteiger partial charge in [-0.05, 0) is 22.6 Å². The predicted molar refractivity (Wildman–Crippen MR) is 92.4 cm³/mol. The Morgan fingerprint density at radius 2 is 1.73 bits per heavy atom. The summed E-state index contributed by atoms with van der Waals surface area (Å²) in [6, 6.07) is 15.6. The first-order valence-electron chi connectivity index (χ1n) is 7.87. The number of amides is 1. The molecule has 8 nitrogen and oxygen atoms in total. The summed E-state index contributed by atoms with van der Waals surface area (Å²) in [5.74, 6) is -0.968. The highest BCUT2D eigenvalue weighted by Crippen LogP contribution is 2.23. The van der Waals surface area contributed by atoms with E-state index in [0.717, 1.165) is 0 Å². The summed E-state index contributed by atoms with van der Waals surface area (Å²) in [5.41, 5.74) is 1.32. The summed E-state index contributed by atoms with van der Waals surface area (Å²) in [6.07, 6.45) is 0.340. The molecule has 0 bridgehead atoms. The van der Waals surface area contributed by atoms with Crippen LogP contribution in [0, 0.1) is 0 Å². The number of likely N-dealkylation sites (N-methyl/N-ethyl adjacent to an activating group) is 1. The minimum absolute atomic E-state index is 0.257. The van der Waals surface area contributed by atoms with Crippen molar-refractivity contribution in [3.63, 3.8) is 0 Å². The second-order valence-electron chi connectivity index (χ2n) is 5.70. The Kier molecular flexibility index (Phi) is 5.02. The summed E-state index contributed by atoms with van der Waals surface area (Å²) < 4.78 is 6.94. The lowest BCUT2D eigenvalue weighted by atomic mass is 10.1. The molecular weight excluding hydrogens is 334 g/mol. The molecule has 26 heavy (non-hydrogen) atoms. The van der Waals surface area contributed by atoms with Crippen molar-refractivity contribution in [1.82, 2.24) is 25.1 Å². The predicted octanol–water partition coefficient (Wildman–Crippen LogP) is 1.65. The van der Waals surface area contributed by atoms with Crippen LogP contribution in [-0.2, 0) is 9.53 Å². The van der Waals surface area contributed by atoms with Crippen LogP contribution < -0.4 is 0 Å². The van der Waals surface area contributed by atoms with E-state index >= 15 is 0 Å². The van der Waals surface area contributed by atoms with E-state index in [-0.39, 0.29) is 11.5 Å². The maximum absolute atomic E-state index is 12.8. The topological polar surface area (TPSA) is 90.2 Å². The molecule has 0 fully saturated rings. The zero-order valence-electron chi connectivity index (χ0n) is 14.3. The molecule has 0 aliphatic carbocycles. The highest BCUT2D eigenvalue weighted by Gasteiger charge is 2.28. The quantitative estimate of drug-likeness (QED) is 0.649. The average Bonchev–Trinajstić information content (AvgIpc) is 3.20. The minimum Gasteiger partial charge on any atom is -0.444 e. The Labute approximate surface area is 150 Å². The summed E-state index contributed by atoms with van der Waals surface area (Å²) in [4.78, 5) is 26.7. The highest BCUT2D eigenvalue weighted by atomic mass is 16.5. The smallest absolute Gasteiger partial charge is 0.341 e. The van der Waals surface area contributed by atoms with Gasteiger partial charge in [-0.2, -0.15) is 4.68 Å². The van der Waals surface area contributed by atoms with Crippen LogP contribution in [0.15, 0.2) is 60.9 Å². The number of benzene rings is 2. The fourth-order valence-corrected chi connectivity index (χ4v) is 2.41. The number of carbonyl (C=O) groups is 2. The lowest BCUT2D eigenvalue weighted by Crippen LogP contribution is -2.31. The maximum atomic E-state index is 12.8. The van der Waals surface area contributed by atoms with Gasteiger partial charge in [0, 0.05) is 19.7 Å². The number of hydrogen-bond acceptors (Lipinski definition) is 6. The fraction of sp³-hybridized carbons (Fsp3) is 0.167. The van der Waals surface area contributed by atoms with Gasteiger partial charge in [-0.25, -0.2) is 4.79 Å². The second-order valence-corrected chi connectivity index (χ2v) is 5.70. The van der Waals surface area contributed by atoms with E-state index in [1.807, 2.05) is 6.07 Å². The van der Waals surface area contributed by atoms with Crippen LogP contribution in [-0.4, -0.2) is 51.1 Å². The zero-order chi connectivity index (χ0) is 18.5. The van der Waals surface area contributed by atoms with Gasteiger partial charge in [0.1, 0.15) is 6.33 Å². The third-order valence-corrected chi connectivity index (χ3v) is 3.71. The van der Waals surface area contributed by atoms with Crippen molar-refractivity contribution in [2.75, 3.05) is 14.1 Å². The monoisotopic (exact) mass is 351 g/mol. The molecule has 0 aliphatic rings. The number of nitrogens with zero attached hydrogens (tertiary/aromatic N) is 5. The third-order valence-electron chi connectivity index (χ3n) is 3.71. The van der Waals surface area contributed by atoms with Gasteiger partial charge in [-0.3, -0.25) is 4.79 Å². The van der Waals surface area contributed by atoms with E-state index in [2.05, 4.69) is 15.5 Å². The van der Waals surface area contributed by atoms with Crippen molar-refractivity contribution in [1.29, 1.82) is 0 Å². The summed E-state index contributed by atoms with van der Waals surface area (Å²) in [6.45, 7) is 0. The highest BCUT2D eigenvalue weighted by molar-refractivity contribution is 5.95. The van der Waals surface area contributed by atoms with Gasteiger partial charge in [-0.1, -0.05) is 42.5 Å². The number of rotatable bonds is 5. The van der Waals surface area contributed by atoms with Gasteiger partial charge in [0.15, 0.2) is 0 Å². The Morgan fingerprint density at radius 3 is 2.38 bits per heavy atom. The molecule has 0 aliphatic heterocycles. The first-order chi connectivity index (χ1) is 12.6. The van der Waals surface area contributed by atoms with Gasteiger partial charge in [-0.15, -0.1) is 5.10 Å². The van der Waals surface area contributed by atoms with Crippen molar-refractivity contribution in [3.05, 3.63) is 72.1 Å². The van der Waals surface area contributed by atoms with Crippen LogP contribution in [0.2, 0.25) is 0 Å². The molecule has 132 valence electrons. The minimum atomic E-state index is -1.04. The van der Waals surface area contributed by atoms with E-state index in [0.29, 0.717) is 11.3 Å². The second kappa shape index (κ2) is 7.56. The van der Waals surface area contributed by atoms with Gasteiger partial charge in [0.2, 0.25) is 6.10 Å². The van der Waals surface area contributed by atoms with E-state index in [1.54, 1.807) is 62.6 Å². The fourth-order valence-electron chi connectivity index (χ4n) is 2.41. The van der Waals surface area contributed by atoms with Crippen molar-refractivity contribution in [2.45, 2.75) is 6.10 Å². The van der Waals surface area contributed by atoms with E-state index < -0.39 is 12.1 Å². The average molecular weight is 351 g/mol. The molecule has 0 saturated heterocycles. The summed E-state index contributed by atoms with van der Waals surface area (Å²) in [7, 11) is 3.22. The van der Waals surface area contributed by atoms with Gasteiger partial charge >= 0.3 is 5.97 Å². The largest absolute Gasteiger partial charge is 0.444 e. The number of para-hydroxylation sites is 1. The van der Waals surface area contributed by atoms with Gasteiger partial charge in [0.25, 0.3) is 5.91 Å². The molecule has 0 N–H and O–H groups in total. The Morgan fingerprint density at radius 1 is 1.04 bits per heavy atom. The molecule has 0 saturated carbocycles. The normalized spacial score (nSPS) is 11.6. The van der Waals surface area contributed by atoms with Gasteiger partial charge < -0.3 is 9.64 Å². The maximum Gasteiger partial charge on any atom is 0.341 e. The van der Waals surface area contributed by atoms with Crippen LogP contribution in [0.4, 0.5) is 0 Å². The number of esters is 1. The van der Waals surface area contributed by atoms with E-state index in [4.69, 9.17) is 4.74 Å². The molecule has 0 radical (unpaired) electrons. The number of aromatic nitrogens is 4. The van der Waals surface area contributed by atoms with Crippen LogP contribution in [0.25, 0.3) is 5.69 Å². The molecule has 1 heterocycles. The number of hydrogen-bond donors (Lipinski definition) is 0. The lowest BCUT2D eigenvalue weighted by Gasteiger charge is -2.21. The molecular formula is C18H17N5O3. The molecule has 2 aromatic carbocycles. The van der Waals surface area contributed by atoms with Crippen LogP contribution in [0.3, 0.4) is 0 Å². The third kappa shape index (κ3) is 3.59. The zero-order valence-corrected chi connectivity index (χ0v) is 14.3. The molecule has 1 atom stereocenters. The molecule has 0 spiro atoms. The van der Waals surface area contributed by atoms with Crippen molar-refractivity contribution in [3.8, 4) is 5.69 Å². The summed E-state index contributed by atoms with van der Waals surface area (Å²) in [5, 5.41) is 11.0. The first kappa shape index (κ1) is 17.3. The molecule has 3 aromatic rings. The van der Waals surface area contributed by atoms with Crippen molar-refractivity contribution in [2.24, 2.45) is 0 Å².